The molecule has 1 unspecified atom stereocenters. The molecular weight excluding hydrogens is 382 g/mol. The maximum absolute atomic E-state index is 13.2. The van der Waals surface area contributed by atoms with Crippen molar-refractivity contribution in [2.75, 3.05) is 20.6 Å². The fraction of sp³-hybridized carbons (Fsp3) is 0.286. The third-order valence-electron chi connectivity index (χ3n) is 4.71. The van der Waals surface area contributed by atoms with Crippen LogP contribution in [-0.4, -0.2) is 35.3 Å². The molecule has 1 heterocycles. The lowest BCUT2D eigenvalue weighted by molar-refractivity contribution is 0.288. The lowest BCUT2D eigenvalue weighted by Gasteiger charge is -2.25. The van der Waals surface area contributed by atoms with Gasteiger partial charge in [-0.25, -0.2) is 13.5 Å². The quantitative estimate of drug-likeness (QED) is 0.629. The first-order valence-electron chi connectivity index (χ1n) is 8.99. The molecule has 28 heavy (non-hydrogen) atoms. The Kier molecular flexibility index (Phi) is 6.44. The fourth-order valence-corrected chi connectivity index (χ4v) is 3.44. The van der Waals surface area contributed by atoms with Crippen molar-refractivity contribution < 1.29 is 8.78 Å². The van der Waals surface area contributed by atoms with Gasteiger partial charge in [0, 0.05) is 24.7 Å². The van der Waals surface area contributed by atoms with E-state index in [1.165, 1.54) is 24.3 Å². The third-order valence-corrected chi connectivity index (χ3v) is 5.10. The van der Waals surface area contributed by atoms with Crippen molar-refractivity contribution in [2.45, 2.75) is 19.5 Å². The molecular formula is C21H23ClF2N4. The first-order valence-corrected chi connectivity index (χ1v) is 9.37. The van der Waals surface area contributed by atoms with E-state index in [1.54, 1.807) is 28.9 Å². The third kappa shape index (κ3) is 4.58. The summed E-state index contributed by atoms with van der Waals surface area (Å²) in [5, 5.41) is 8.40. The second-order valence-electron chi connectivity index (χ2n) is 6.90. The topological polar surface area (TPSA) is 33.1 Å². The molecule has 4 nitrogen and oxygen atoms in total. The zero-order chi connectivity index (χ0) is 20.3. The molecule has 0 amide bonds. The predicted molar refractivity (Wildman–Crippen MR) is 108 cm³/mol. The molecule has 0 fully saturated rings. The predicted octanol–water partition coefficient (Wildman–Crippen LogP) is 4.50. The van der Waals surface area contributed by atoms with Gasteiger partial charge in [-0.3, -0.25) is 0 Å². The van der Waals surface area contributed by atoms with Gasteiger partial charge >= 0.3 is 0 Å². The Hall–Kier alpha value is -2.28. The number of likely N-dealkylation sites (N-methyl/N-ethyl adjacent to an activating group) is 1. The maximum Gasteiger partial charge on any atom is 0.137 e. The molecule has 2 aromatic carbocycles. The highest BCUT2D eigenvalue weighted by molar-refractivity contribution is 6.30. The van der Waals surface area contributed by atoms with Crippen LogP contribution in [-0.2, 0) is 6.54 Å². The van der Waals surface area contributed by atoms with Gasteiger partial charge in [-0.2, -0.15) is 5.10 Å². The molecule has 7 heteroatoms. The Bertz CT molecular complexity index is 921. The van der Waals surface area contributed by atoms with E-state index in [0.29, 0.717) is 23.9 Å². The van der Waals surface area contributed by atoms with Crippen molar-refractivity contribution in [1.29, 1.82) is 0 Å². The molecule has 0 spiro atoms. The molecule has 0 aliphatic rings. The van der Waals surface area contributed by atoms with Gasteiger partial charge in [0.25, 0.3) is 0 Å². The summed E-state index contributed by atoms with van der Waals surface area (Å²) in [5.41, 5.74) is 3.44. The first kappa shape index (κ1) is 20.5. The molecule has 0 radical (unpaired) electrons. The van der Waals surface area contributed by atoms with Crippen molar-refractivity contribution >= 4 is 11.6 Å². The van der Waals surface area contributed by atoms with Gasteiger partial charge in [0.2, 0.25) is 0 Å². The van der Waals surface area contributed by atoms with Crippen LogP contribution in [0.1, 0.15) is 22.9 Å². The van der Waals surface area contributed by atoms with Crippen molar-refractivity contribution in [3.05, 3.63) is 82.1 Å². The van der Waals surface area contributed by atoms with Crippen LogP contribution in [0.25, 0.3) is 5.69 Å². The standard InChI is InChI=1S/C21H23ClF2N4/c1-14-19(21(22)28(26-14)18-10-8-17(24)9-11-18)12-25-13-20(27(2)3)15-4-6-16(23)7-5-15/h4-11,20,25H,12-13H2,1-3H3. The molecule has 3 aromatic rings. The fourth-order valence-electron chi connectivity index (χ4n) is 3.10. The molecule has 0 aliphatic carbocycles. The van der Waals surface area contributed by atoms with Crippen LogP contribution in [0.5, 0.6) is 0 Å². The molecule has 1 atom stereocenters. The summed E-state index contributed by atoms with van der Waals surface area (Å²) in [6.45, 7) is 3.10. The Labute approximate surface area is 168 Å². The molecule has 0 saturated heterocycles. The smallest absolute Gasteiger partial charge is 0.137 e. The minimum absolute atomic E-state index is 0.0897. The first-order chi connectivity index (χ1) is 13.4. The zero-order valence-corrected chi connectivity index (χ0v) is 16.8. The number of hydrogen-bond donors (Lipinski definition) is 1. The van der Waals surface area contributed by atoms with Gasteiger partial charge in [-0.05, 0) is 63.0 Å². The van der Waals surface area contributed by atoms with Crippen LogP contribution >= 0.6 is 11.6 Å². The Morgan fingerprint density at radius 2 is 1.61 bits per heavy atom. The summed E-state index contributed by atoms with van der Waals surface area (Å²) in [6.07, 6.45) is 0. The highest BCUT2D eigenvalue weighted by Crippen LogP contribution is 2.24. The van der Waals surface area contributed by atoms with Crippen LogP contribution in [0.4, 0.5) is 8.78 Å². The minimum Gasteiger partial charge on any atom is -0.311 e. The van der Waals surface area contributed by atoms with Crippen LogP contribution in [0.15, 0.2) is 48.5 Å². The maximum atomic E-state index is 13.2. The SMILES string of the molecule is Cc1nn(-c2ccc(F)cc2)c(Cl)c1CNCC(c1ccc(F)cc1)N(C)C. The highest BCUT2D eigenvalue weighted by Gasteiger charge is 2.17. The molecule has 0 bridgehead atoms. The van der Waals surface area contributed by atoms with Crippen molar-refractivity contribution in [3.8, 4) is 5.69 Å². The van der Waals surface area contributed by atoms with Gasteiger partial charge < -0.3 is 10.2 Å². The van der Waals surface area contributed by atoms with Crippen molar-refractivity contribution in [2.24, 2.45) is 0 Å². The van der Waals surface area contributed by atoms with E-state index in [-0.39, 0.29) is 17.7 Å². The highest BCUT2D eigenvalue weighted by atomic mass is 35.5. The second kappa shape index (κ2) is 8.82. The lowest BCUT2D eigenvalue weighted by Crippen LogP contribution is -2.31. The van der Waals surface area contributed by atoms with Gasteiger partial charge in [0.1, 0.15) is 16.8 Å². The monoisotopic (exact) mass is 404 g/mol. The summed E-state index contributed by atoms with van der Waals surface area (Å²) in [5.74, 6) is -0.550. The lowest BCUT2D eigenvalue weighted by atomic mass is 10.1. The van der Waals surface area contributed by atoms with E-state index in [4.69, 9.17) is 11.6 Å². The van der Waals surface area contributed by atoms with Crippen LogP contribution < -0.4 is 5.32 Å². The Morgan fingerprint density at radius 3 is 2.18 bits per heavy atom. The van der Waals surface area contributed by atoms with Gasteiger partial charge in [-0.1, -0.05) is 23.7 Å². The van der Waals surface area contributed by atoms with Crippen molar-refractivity contribution in [1.82, 2.24) is 20.0 Å². The Morgan fingerprint density at radius 1 is 1.04 bits per heavy atom. The number of nitrogens with one attached hydrogen (secondary N) is 1. The molecule has 1 N–H and O–H groups in total. The number of nitrogens with zero attached hydrogens (tertiary/aromatic N) is 3. The Balaban J connectivity index is 1.71. The average molecular weight is 405 g/mol. The number of rotatable bonds is 7. The van der Waals surface area contributed by atoms with Gasteiger partial charge in [0.05, 0.1) is 11.4 Å². The van der Waals surface area contributed by atoms with Crippen LogP contribution in [0.3, 0.4) is 0 Å². The number of benzene rings is 2. The van der Waals surface area contributed by atoms with Crippen LogP contribution in [0.2, 0.25) is 5.15 Å². The van der Waals surface area contributed by atoms with Gasteiger partial charge in [0.15, 0.2) is 0 Å². The number of aromatic nitrogens is 2. The number of hydrogen-bond acceptors (Lipinski definition) is 3. The molecule has 1 aromatic heterocycles. The van der Waals surface area contributed by atoms with E-state index in [9.17, 15) is 8.78 Å². The van der Waals surface area contributed by atoms with E-state index < -0.39 is 0 Å². The van der Waals surface area contributed by atoms with Crippen molar-refractivity contribution in [3.63, 3.8) is 0 Å². The molecule has 0 aliphatic heterocycles. The summed E-state index contributed by atoms with van der Waals surface area (Å²) in [7, 11) is 3.97. The summed E-state index contributed by atoms with van der Waals surface area (Å²) >= 11 is 6.53. The van der Waals surface area contributed by atoms with E-state index in [1.807, 2.05) is 21.0 Å². The number of aryl methyl sites for hydroxylation is 1. The zero-order valence-electron chi connectivity index (χ0n) is 16.1. The number of halogens is 3. The van der Waals surface area contributed by atoms with Crippen LogP contribution in [0, 0.1) is 18.6 Å². The average Bonchev–Trinajstić information content (AvgIpc) is 2.94. The summed E-state index contributed by atoms with van der Waals surface area (Å²) in [4.78, 5) is 2.08. The summed E-state index contributed by atoms with van der Waals surface area (Å²) in [6, 6.07) is 12.7. The second-order valence-corrected chi connectivity index (χ2v) is 7.26. The largest absolute Gasteiger partial charge is 0.311 e. The van der Waals surface area contributed by atoms with E-state index in [0.717, 1.165) is 16.8 Å². The summed E-state index contributed by atoms with van der Waals surface area (Å²) < 4.78 is 28.0. The normalized spacial score (nSPS) is 12.5. The molecule has 148 valence electrons. The van der Waals surface area contributed by atoms with E-state index in [2.05, 4.69) is 15.3 Å². The minimum atomic E-state index is -0.304. The van der Waals surface area contributed by atoms with E-state index >= 15 is 0 Å². The van der Waals surface area contributed by atoms with Gasteiger partial charge in [-0.15, -0.1) is 0 Å². The molecule has 0 saturated carbocycles. The molecule has 3 rings (SSSR count).